The number of amides is 1. The van der Waals surface area contributed by atoms with Gasteiger partial charge in [-0.1, -0.05) is 23.8 Å². The van der Waals surface area contributed by atoms with Crippen molar-refractivity contribution < 1.29 is 13.2 Å². The van der Waals surface area contributed by atoms with Gasteiger partial charge in [-0.3, -0.25) is 4.79 Å². The lowest BCUT2D eigenvalue weighted by atomic mass is 10.1. The molecule has 0 bridgehead atoms. The maximum absolute atomic E-state index is 13.1. The molecule has 0 aromatic heterocycles. The molecule has 1 atom stereocenters. The molecule has 0 unspecified atom stereocenters. The third-order valence-electron chi connectivity index (χ3n) is 5.86. The van der Waals surface area contributed by atoms with E-state index in [1.165, 1.54) is 9.87 Å². The Hall–Kier alpha value is -2.38. The van der Waals surface area contributed by atoms with Gasteiger partial charge in [-0.15, -0.1) is 0 Å². The molecule has 1 amide bonds. The number of carbonyl (C=O) groups is 1. The van der Waals surface area contributed by atoms with Gasteiger partial charge in [0.15, 0.2) is 0 Å². The second-order valence-corrected chi connectivity index (χ2v) is 9.64. The van der Waals surface area contributed by atoms with Crippen LogP contribution in [0.1, 0.15) is 30.9 Å². The van der Waals surface area contributed by atoms with Crippen LogP contribution >= 0.6 is 0 Å². The molecule has 6 nitrogen and oxygen atoms in total. The summed E-state index contributed by atoms with van der Waals surface area (Å²) in [4.78, 5) is 15.5. The van der Waals surface area contributed by atoms with Crippen molar-refractivity contribution in [3.63, 3.8) is 0 Å². The van der Waals surface area contributed by atoms with E-state index < -0.39 is 16.1 Å². The SMILES string of the molecule is CCN1CCc2ccc(NC(=O)[C@@H]3CCCN3S(=O)(=O)c3ccc(C)cc3)cc21. The molecule has 1 N–H and O–H groups in total. The van der Waals surface area contributed by atoms with Crippen LogP contribution in [0.25, 0.3) is 0 Å². The Morgan fingerprint density at radius 1 is 1.14 bits per heavy atom. The van der Waals surface area contributed by atoms with Gasteiger partial charge < -0.3 is 10.2 Å². The summed E-state index contributed by atoms with van der Waals surface area (Å²) in [6, 6.07) is 12.0. The van der Waals surface area contributed by atoms with Crippen molar-refractivity contribution in [2.24, 2.45) is 0 Å². The number of anilines is 2. The maximum atomic E-state index is 13.1. The van der Waals surface area contributed by atoms with Crippen molar-refractivity contribution >= 4 is 27.3 Å². The van der Waals surface area contributed by atoms with Gasteiger partial charge in [0.1, 0.15) is 6.04 Å². The Morgan fingerprint density at radius 2 is 1.90 bits per heavy atom. The van der Waals surface area contributed by atoms with E-state index in [0.29, 0.717) is 25.1 Å². The van der Waals surface area contributed by atoms with E-state index in [1.807, 2.05) is 19.1 Å². The fourth-order valence-corrected chi connectivity index (χ4v) is 5.87. The van der Waals surface area contributed by atoms with Crippen LogP contribution in [0.2, 0.25) is 0 Å². The van der Waals surface area contributed by atoms with Crippen molar-refractivity contribution in [3.05, 3.63) is 53.6 Å². The van der Waals surface area contributed by atoms with E-state index in [1.54, 1.807) is 24.3 Å². The number of nitrogens with zero attached hydrogens (tertiary/aromatic N) is 2. The molecule has 7 heteroatoms. The zero-order valence-corrected chi connectivity index (χ0v) is 17.7. The van der Waals surface area contributed by atoms with Crippen molar-refractivity contribution in [2.75, 3.05) is 29.9 Å². The van der Waals surface area contributed by atoms with Crippen LogP contribution in [-0.2, 0) is 21.2 Å². The molecule has 1 fully saturated rings. The van der Waals surface area contributed by atoms with Crippen LogP contribution in [0.4, 0.5) is 11.4 Å². The molecule has 154 valence electrons. The van der Waals surface area contributed by atoms with Crippen molar-refractivity contribution in [1.29, 1.82) is 0 Å². The van der Waals surface area contributed by atoms with Gasteiger partial charge in [0, 0.05) is 31.0 Å². The Morgan fingerprint density at radius 3 is 2.62 bits per heavy atom. The van der Waals surface area contributed by atoms with Crippen LogP contribution in [0.15, 0.2) is 47.4 Å². The van der Waals surface area contributed by atoms with Crippen LogP contribution in [0.3, 0.4) is 0 Å². The highest BCUT2D eigenvalue weighted by atomic mass is 32.2. The fraction of sp³-hybridized carbons (Fsp3) is 0.409. The second-order valence-electron chi connectivity index (χ2n) is 7.75. The number of hydrogen-bond acceptors (Lipinski definition) is 4. The van der Waals surface area contributed by atoms with E-state index >= 15 is 0 Å². The monoisotopic (exact) mass is 413 g/mol. The standard InChI is InChI=1S/C22H27N3O3S/c1-3-24-14-12-17-8-9-18(15-21(17)24)23-22(26)20-5-4-13-25(20)29(27,28)19-10-6-16(2)7-11-19/h6-11,15,20H,3-5,12-14H2,1-2H3,(H,23,26)/t20-/m0/s1. The van der Waals surface area contributed by atoms with Crippen molar-refractivity contribution in [1.82, 2.24) is 4.31 Å². The average Bonchev–Trinajstić information content (AvgIpc) is 3.35. The number of hydrogen-bond donors (Lipinski definition) is 1. The lowest BCUT2D eigenvalue weighted by molar-refractivity contribution is -0.119. The first-order chi connectivity index (χ1) is 13.9. The van der Waals surface area contributed by atoms with Gasteiger partial charge in [0.25, 0.3) is 0 Å². The minimum absolute atomic E-state index is 0.235. The van der Waals surface area contributed by atoms with E-state index in [9.17, 15) is 13.2 Å². The molecular formula is C22H27N3O3S. The molecule has 2 heterocycles. The van der Waals surface area contributed by atoms with E-state index in [-0.39, 0.29) is 10.8 Å². The van der Waals surface area contributed by atoms with Crippen LogP contribution in [0.5, 0.6) is 0 Å². The van der Waals surface area contributed by atoms with Gasteiger partial charge in [0.05, 0.1) is 4.90 Å². The number of aryl methyl sites for hydroxylation is 1. The largest absolute Gasteiger partial charge is 0.371 e. The van der Waals surface area contributed by atoms with Gasteiger partial charge in [0.2, 0.25) is 15.9 Å². The molecule has 0 radical (unpaired) electrons. The highest BCUT2D eigenvalue weighted by Crippen LogP contribution is 2.32. The molecular weight excluding hydrogens is 386 g/mol. The molecule has 4 rings (SSSR count). The number of fused-ring (bicyclic) bond motifs is 1. The molecule has 2 aromatic rings. The number of benzene rings is 2. The highest BCUT2D eigenvalue weighted by Gasteiger charge is 2.39. The van der Waals surface area contributed by atoms with Crippen molar-refractivity contribution in [2.45, 2.75) is 44.0 Å². The Kier molecular flexibility index (Phi) is 5.36. The summed E-state index contributed by atoms with van der Waals surface area (Å²) in [6.07, 6.45) is 2.22. The first-order valence-corrected chi connectivity index (χ1v) is 11.6. The molecule has 1 saturated heterocycles. The molecule has 0 saturated carbocycles. The summed E-state index contributed by atoms with van der Waals surface area (Å²) < 4.78 is 27.5. The molecule has 2 aromatic carbocycles. The lowest BCUT2D eigenvalue weighted by Gasteiger charge is -2.24. The smallest absolute Gasteiger partial charge is 0.243 e. The molecule has 2 aliphatic rings. The number of sulfonamides is 1. The van der Waals surface area contributed by atoms with E-state index in [0.717, 1.165) is 30.8 Å². The molecule has 0 aliphatic carbocycles. The number of carbonyl (C=O) groups excluding carboxylic acids is 1. The summed E-state index contributed by atoms with van der Waals surface area (Å²) in [5.74, 6) is -0.265. The predicted molar refractivity (Wildman–Crippen MR) is 115 cm³/mol. The molecule has 0 spiro atoms. The Bertz CT molecular complexity index is 1020. The van der Waals surface area contributed by atoms with Crippen LogP contribution in [-0.4, -0.2) is 44.3 Å². The van der Waals surface area contributed by atoms with Gasteiger partial charge >= 0.3 is 0 Å². The summed E-state index contributed by atoms with van der Waals surface area (Å²) in [5.41, 5.74) is 4.15. The van der Waals surface area contributed by atoms with Gasteiger partial charge in [-0.2, -0.15) is 4.31 Å². The van der Waals surface area contributed by atoms with E-state index in [4.69, 9.17) is 0 Å². The van der Waals surface area contributed by atoms with Gasteiger partial charge in [-0.05, 0) is 62.9 Å². The minimum atomic E-state index is -3.70. The van der Waals surface area contributed by atoms with Crippen LogP contribution in [0, 0.1) is 6.92 Å². The molecule has 29 heavy (non-hydrogen) atoms. The Labute approximate surface area is 172 Å². The minimum Gasteiger partial charge on any atom is -0.371 e. The Balaban J connectivity index is 1.53. The summed E-state index contributed by atoms with van der Waals surface area (Å²) in [7, 11) is -3.70. The lowest BCUT2D eigenvalue weighted by Crippen LogP contribution is -2.43. The summed E-state index contributed by atoms with van der Waals surface area (Å²) in [6.45, 7) is 6.32. The highest BCUT2D eigenvalue weighted by molar-refractivity contribution is 7.89. The molecule has 2 aliphatic heterocycles. The summed E-state index contributed by atoms with van der Waals surface area (Å²) in [5, 5.41) is 2.95. The first kappa shape index (κ1) is 19.9. The topological polar surface area (TPSA) is 69.7 Å². The predicted octanol–water partition coefficient (Wildman–Crippen LogP) is 3.17. The summed E-state index contributed by atoms with van der Waals surface area (Å²) >= 11 is 0. The quantitative estimate of drug-likeness (QED) is 0.817. The average molecular weight is 414 g/mol. The zero-order valence-electron chi connectivity index (χ0n) is 16.9. The number of rotatable bonds is 5. The second kappa shape index (κ2) is 7.80. The zero-order chi connectivity index (χ0) is 20.6. The maximum Gasteiger partial charge on any atom is 0.243 e. The normalized spacial score (nSPS) is 19.4. The van der Waals surface area contributed by atoms with E-state index in [2.05, 4.69) is 23.2 Å². The first-order valence-electron chi connectivity index (χ1n) is 10.2. The fourth-order valence-electron chi connectivity index (χ4n) is 4.21. The van der Waals surface area contributed by atoms with Crippen molar-refractivity contribution in [3.8, 4) is 0 Å². The number of likely N-dealkylation sites (N-methyl/N-ethyl adjacent to an activating group) is 1. The van der Waals surface area contributed by atoms with Crippen LogP contribution < -0.4 is 10.2 Å². The van der Waals surface area contributed by atoms with Gasteiger partial charge in [-0.25, -0.2) is 8.42 Å². The third kappa shape index (κ3) is 3.76. The third-order valence-corrected chi connectivity index (χ3v) is 7.78. The number of nitrogens with one attached hydrogen (secondary N) is 1.